The fraction of sp³-hybridized carbons (Fsp3) is 0.0357. The molecular weight excluding hydrogens is 442 g/mol. The second-order valence-electron chi connectivity index (χ2n) is 7.82. The predicted molar refractivity (Wildman–Crippen MR) is 140 cm³/mol. The first-order valence-electron chi connectivity index (χ1n) is 10.8. The highest BCUT2D eigenvalue weighted by Crippen LogP contribution is 2.30. The summed E-state index contributed by atoms with van der Waals surface area (Å²) in [5.41, 5.74) is 6.74. The number of para-hydroxylation sites is 2. The van der Waals surface area contributed by atoms with E-state index in [1.165, 1.54) is 0 Å². The SMILES string of the molecule is Cc1c(NC(=S)NC(=O)c2ccc(-c3ccccc3)cc2)cccc1-c1nc2ccccc2o1. The van der Waals surface area contributed by atoms with Gasteiger partial charge in [-0.25, -0.2) is 4.98 Å². The Labute approximate surface area is 202 Å². The van der Waals surface area contributed by atoms with Crippen LogP contribution in [-0.2, 0) is 0 Å². The number of nitrogens with zero attached hydrogens (tertiary/aromatic N) is 1. The average molecular weight is 464 g/mol. The Morgan fingerprint density at radius 1 is 0.824 bits per heavy atom. The lowest BCUT2D eigenvalue weighted by Crippen LogP contribution is -2.34. The van der Waals surface area contributed by atoms with Gasteiger partial charge in [-0.05, 0) is 72.2 Å². The molecule has 4 aromatic carbocycles. The third kappa shape index (κ3) is 4.44. The van der Waals surface area contributed by atoms with Gasteiger partial charge in [0.15, 0.2) is 10.7 Å². The van der Waals surface area contributed by atoms with Gasteiger partial charge in [0.2, 0.25) is 5.89 Å². The van der Waals surface area contributed by atoms with Crippen LogP contribution in [0, 0.1) is 6.92 Å². The summed E-state index contributed by atoms with van der Waals surface area (Å²) in [5.74, 6) is 0.265. The highest BCUT2D eigenvalue weighted by atomic mass is 32.1. The lowest BCUT2D eigenvalue weighted by Gasteiger charge is -2.13. The topological polar surface area (TPSA) is 67.2 Å². The molecule has 0 bridgehead atoms. The molecule has 0 saturated carbocycles. The van der Waals surface area contributed by atoms with Crippen molar-refractivity contribution in [2.75, 3.05) is 5.32 Å². The van der Waals surface area contributed by atoms with E-state index in [0.717, 1.165) is 39.0 Å². The third-order valence-electron chi connectivity index (χ3n) is 5.59. The number of hydrogen-bond donors (Lipinski definition) is 2. The first-order valence-corrected chi connectivity index (χ1v) is 11.2. The monoisotopic (exact) mass is 463 g/mol. The number of thiocarbonyl (C=S) groups is 1. The number of benzene rings is 4. The van der Waals surface area contributed by atoms with Crippen LogP contribution in [0.25, 0.3) is 33.7 Å². The molecule has 0 fully saturated rings. The van der Waals surface area contributed by atoms with Crippen LogP contribution in [0.4, 0.5) is 5.69 Å². The van der Waals surface area contributed by atoms with Gasteiger partial charge in [0.05, 0.1) is 0 Å². The third-order valence-corrected chi connectivity index (χ3v) is 5.79. The summed E-state index contributed by atoms with van der Waals surface area (Å²) in [6.45, 7) is 1.96. The zero-order chi connectivity index (χ0) is 23.5. The number of fused-ring (bicyclic) bond motifs is 1. The maximum Gasteiger partial charge on any atom is 0.257 e. The molecule has 5 rings (SSSR count). The molecule has 1 amide bonds. The van der Waals surface area contributed by atoms with Gasteiger partial charge in [0, 0.05) is 16.8 Å². The first kappa shape index (κ1) is 21.6. The molecule has 0 spiro atoms. The van der Waals surface area contributed by atoms with Crippen LogP contribution in [0.3, 0.4) is 0 Å². The van der Waals surface area contributed by atoms with Crippen molar-refractivity contribution in [1.82, 2.24) is 10.3 Å². The zero-order valence-corrected chi connectivity index (χ0v) is 19.2. The lowest BCUT2D eigenvalue weighted by molar-refractivity contribution is 0.0977. The van der Waals surface area contributed by atoms with E-state index >= 15 is 0 Å². The van der Waals surface area contributed by atoms with Gasteiger partial charge in [-0.3, -0.25) is 10.1 Å². The van der Waals surface area contributed by atoms with Gasteiger partial charge in [0.25, 0.3) is 5.91 Å². The van der Waals surface area contributed by atoms with E-state index in [1.807, 2.05) is 91.9 Å². The Hall–Kier alpha value is -4.29. The molecule has 0 radical (unpaired) electrons. The largest absolute Gasteiger partial charge is 0.436 e. The molecule has 0 saturated heterocycles. The number of rotatable bonds is 4. The van der Waals surface area contributed by atoms with Crippen LogP contribution in [0.15, 0.2) is 101 Å². The Kier molecular flexibility index (Phi) is 5.89. The summed E-state index contributed by atoms with van der Waals surface area (Å²) in [7, 11) is 0. The summed E-state index contributed by atoms with van der Waals surface area (Å²) in [5, 5.41) is 6.09. The molecule has 0 unspecified atom stereocenters. The summed E-state index contributed by atoms with van der Waals surface area (Å²) < 4.78 is 5.92. The van der Waals surface area contributed by atoms with Gasteiger partial charge in [-0.1, -0.05) is 60.7 Å². The van der Waals surface area contributed by atoms with Crippen molar-refractivity contribution in [2.45, 2.75) is 6.92 Å². The minimum absolute atomic E-state index is 0.218. The van der Waals surface area contributed by atoms with Crippen LogP contribution in [0.5, 0.6) is 0 Å². The number of nitrogens with one attached hydrogen (secondary N) is 2. The second kappa shape index (κ2) is 9.29. The van der Waals surface area contributed by atoms with Crippen molar-refractivity contribution < 1.29 is 9.21 Å². The maximum absolute atomic E-state index is 12.7. The molecule has 166 valence electrons. The van der Waals surface area contributed by atoms with E-state index in [-0.39, 0.29) is 11.0 Å². The van der Waals surface area contributed by atoms with Crippen molar-refractivity contribution in [1.29, 1.82) is 0 Å². The Bertz CT molecular complexity index is 1460. The van der Waals surface area contributed by atoms with E-state index in [9.17, 15) is 4.79 Å². The number of aromatic nitrogens is 1. The Morgan fingerprint density at radius 3 is 2.29 bits per heavy atom. The summed E-state index contributed by atoms with van der Waals surface area (Å²) in [6.07, 6.45) is 0. The van der Waals surface area contributed by atoms with Crippen molar-refractivity contribution in [3.05, 3.63) is 108 Å². The number of carbonyl (C=O) groups is 1. The van der Waals surface area contributed by atoms with Crippen LogP contribution in [0.2, 0.25) is 0 Å². The highest BCUT2D eigenvalue weighted by molar-refractivity contribution is 7.80. The normalized spacial score (nSPS) is 10.7. The minimum atomic E-state index is -0.273. The van der Waals surface area contributed by atoms with Gasteiger partial charge >= 0.3 is 0 Å². The molecular formula is C28H21N3O2S. The summed E-state index contributed by atoms with van der Waals surface area (Å²) in [4.78, 5) is 17.3. The minimum Gasteiger partial charge on any atom is -0.436 e. The standard InChI is InChI=1S/C28H21N3O2S/c1-18-22(27-29-24-11-5-6-13-25(24)33-27)10-7-12-23(18)30-28(34)31-26(32)21-16-14-20(15-17-21)19-8-3-2-4-9-19/h2-17H,1H3,(H2,30,31,32,34). The van der Waals surface area contributed by atoms with Crippen molar-refractivity contribution in [3.8, 4) is 22.6 Å². The van der Waals surface area contributed by atoms with Gasteiger partial charge in [-0.15, -0.1) is 0 Å². The number of amides is 1. The number of oxazole rings is 1. The van der Waals surface area contributed by atoms with E-state index in [2.05, 4.69) is 15.6 Å². The van der Waals surface area contributed by atoms with Crippen molar-refractivity contribution >= 4 is 40.0 Å². The summed E-state index contributed by atoms with van der Waals surface area (Å²) in [6, 6.07) is 30.8. The molecule has 5 aromatic rings. The Morgan fingerprint density at radius 2 is 1.53 bits per heavy atom. The van der Waals surface area contributed by atoms with Gasteiger partial charge < -0.3 is 9.73 Å². The predicted octanol–water partition coefficient (Wildman–Crippen LogP) is 6.60. The van der Waals surface area contributed by atoms with Crippen molar-refractivity contribution in [3.63, 3.8) is 0 Å². The molecule has 34 heavy (non-hydrogen) atoms. The fourth-order valence-corrected chi connectivity index (χ4v) is 3.97. The van der Waals surface area contributed by atoms with Gasteiger partial charge in [0.1, 0.15) is 5.52 Å². The lowest BCUT2D eigenvalue weighted by atomic mass is 10.0. The molecule has 5 nitrogen and oxygen atoms in total. The molecule has 1 heterocycles. The molecule has 0 aliphatic carbocycles. The fourth-order valence-electron chi connectivity index (χ4n) is 3.76. The van der Waals surface area contributed by atoms with Crippen LogP contribution >= 0.6 is 12.2 Å². The summed E-state index contributed by atoms with van der Waals surface area (Å²) >= 11 is 5.40. The van der Waals surface area contributed by atoms with E-state index in [0.29, 0.717) is 11.5 Å². The zero-order valence-electron chi connectivity index (χ0n) is 18.4. The van der Waals surface area contributed by atoms with Crippen LogP contribution < -0.4 is 10.6 Å². The van der Waals surface area contributed by atoms with E-state index < -0.39 is 0 Å². The van der Waals surface area contributed by atoms with E-state index in [1.54, 1.807) is 12.1 Å². The number of anilines is 1. The van der Waals surface area contributed by atoms with Crippen molar-refractivity contribution in [2.24, 2.45) is 0 Å². The maximum atomic E-state index is 12.7. The average Bonchev–Trinajstić information content (AvgIpc) is 3.30. The number of carbonyl (C=O) groups excluding carboxylic acids is 1. The molecule has 0 aliphatic rings. The molecule has 6 heteroatoms. The smallest absolute Gasteiger partial charge is 0.257 e. The first-order chi connectivity index (χ1) is 16.6. The van der Waals surface area contributed by atoms with Gasteiger partial charge in [-0.2, -0.15) is 0 Å². The molecule has 0 aliphatic heterocycles. The highest BCUT2D eigenvalue weighted by Gasteiger charge is 2.14. The Balaban J connectivity index is 1.29. The van der Waals surface area contributed by atoms with E-state index in [4.69, 9.17) is 16.6 Å². The molecule has 2 N–H and O–H groups in total. The van der Waals surface area contributed by atoms with Crippen LogP contribution in [0.1, 0.15) is 15.9 Å². The molecule has 0 atom stereocenters. The second-order valence-corrected chi connectivity index (χ2v) is 8.22. The molecule has 1 aromatic heterocycles. The number of hydrogen-bond acceptors (Lipinski definition) is 4. The quantitative estimate of drug-likeness (QED) is 0.294. The van der Waals surface area contributed by atoms with Crippen LogP contribution in [-0.4, -0.2) is 16.0 Å².